The van der Waals surface area contributed by atoms with Crippen molar-refractivity contribution >= 4 is 11.7 Å². The average Bonchev–Trinajstić information content (AvgIpc) is 2.53. The average molecular weight is 319 g/mol. The summed E-state index contributed by atoms with van der Waals surface area (Å²) in [5.41, 5.74) is 0.742. The summed E-state index contributed by atoms with van der Waals surface area (Å²) in [6, 6.07) is 5.94. The van der Waals surface area contributed by atoms with E-state index in [2.05, 4.69) is 11.9 Å². The number of hydrogen-bond acceptors (Lipinski definition) is 3. The third-order valence-corrected chi connectivity index (χ3v) is 4.42. The molecular formula is C18H22FNO3. The van der Waals surface area contributed by atoms with Crippen molar-refractivity contribution in [1.82, 2.24) is 5.32 Å². The molecule has 1 amide bonds. The van der Waals surface area contributed by atoms with Crippen molar-refractivity contribution in [2.75, 3.05) is 13.7 Å². The first-order valence-electron chi connectivity index (χ1n) is 7.72. The number of amides is 1. The molecular weight excluding hydrogens is 297 g/mol. The number of methoxy groups -OCH3 is 1. The molecule has 1 fully saturated rings. The number of allylic oxidation sites excluding steroid dienone is 1. The van der Waals surface area contributed by atoms with Gasteiger partial charge in [0.1, 0.15) is 11.6 Å². The first kappa shape index (κ1) is 17.2. The lowest BCUT2D eigenvalue weighted by Crippen LogP contribution is -2.42. The zero-order valence-corrected chi connectivity index (χ0v) is 13.5. The predicted molar refractivity (Wildman–Crippen MR) is 85.2 cm³/mol. The van der Waals surface area contributed by atoms with Gasteiger partial charge in [-0.3, -0.25) is 9.59 Å². The second-order valence-electron chi connectivity index (χ2n) is 5.88. The molecule has 0 radical (unpaired) electrons. The van der Waals surface area contributed by atoms with E-state index >= 15 is 0 Å². The summed E-state index contributed by atoms with van der Waals surface area (Å²) in [4.78, 5) is 24.6. The number of nitrogens with one attached hydrogen (secondary N) is 1. The smallest absolute Gasteiger partial charge is 0.223 e. The van der Waals surface area contributed by atoms with E-state index < -0.39 is 11.8 Å². The van der Waals surface area contributed by atoms with Gasteiger partial charge < -0.3 is 10.1 Å². The van der Waals surface area contributed by atoms with Gasteiger partial charge in [0.05, 0.1) is 18.8 Å². The molecule has 4 nitrogen and oxygen atoms in total. The molecule has 0 aliphatic carbocycles. The van der Waals surface area contributed by atoms with Crippen LogP contribution < -0.4 is 5.32 Å². The number of halogens is 1. The lowest BCUT2D eigenvalue weighted by atomic mass is 9.71. The van der Waals surface area contributed by atoms with E-state index in [1.807, 2.05) is 0 Å². The molecule has 1 N–H and O–H groups in total. The monoisotopic (exact) mass is 319 g/mol. The number of carbonyl (C=O) groups is 2. The summed E-state index contributed by atoms with van der Waals surface area (Å²) in [6.45, 7) is 5.93. The second kappa shape index (κ2) is 7.40. The van der Waals surface area contributed by atoms with Gasteiger partial charge >= 0.3 is 0 Å². The fourth-order valence-electron chi connectivity index (χ4n) is 3.29. The van der Waals surface area contributed by atoms with Crippen LogP contribution in [0.25, 0.3) is 0 Å². The number of Topliss-reactive ketones (excluding diaryl/α,β-unsaturated/α-hetero) is 1. The highest BCUT2D eigenvalue weighted by Gasteiger charge is 2.40. The molecule has 0 spiro atoms. The maximum absolute atomic E-state index is 13.3. The molecule has 1 aliphatic heterocycles. The van der Waals surface area contributed by atoms with Crippen LogP contribution in [0.3, 0.4) is 0 Å². The van der Waals surface area contributed by atoms with Gasteiger partial charge in [0, 0.05) is 18.4 Å². The maximum atomic E-state index is 13.3. The highest BCUT2D eigenvalue weighted by Crippen LogP contribution is 2.40. The van der Waals surface area contributed by atoms with Gasteiger partial charge in [-0.2, -0.15) is 0 Å². The highest BCUT2D eigenvalue weighted by molar-refractivity contribution is 5.85. The summed E-state index contributed by atoms with van der Waals surface area (Å²) in [7, 11) is 1.46. The van der Waals surface area contributed by atoms with E-state index in [1.165, 1.54) is 26.2 Å². The molecule has 0 aromatic heterocycles. The highest BCUT2D eigenvalue weighted by atomic mass is 19.1. The standard InChI is InChI=1S/C18H22FNO3/c1-11(21)16(12(2)23-3)17(13-6-8-14(19)9-7-13)15-5-4-10-20-18(15)22/h6-9,15-17H,2,4-5,10H2,1,3H3,(H,20,22). The number of hydrogen-bond donors (Lipinski definition) is 1. The second-order valence-corrected chi connectivity index (χ2v) is 5.88. The Morgan fingerprint density at radius 1 is 1.39 bits per heavy atom. The van der Waals surface area contributed by atoms with Crippen molar-refractivity contribution in [2.45, 2.75) is 25.7 Å². The van der Waals surface area contributed by atoms with Crippen molar-refractivity contribution < 1.29 is 18.7 Å². The molecule has 2 rings (SSSR count). The van der Waals surface area contributed by atoms with Crippen molar-refractivity contribution in [3.05, 3.63) is 48.0 Å². The van der Waals surface area contributed by atoms with Gasteiger partial charge in [-0.05, 0) is 37.5 Å². The molecule has 3 atom stereocenters. The summed E-state index contributed by atoms with van der Waals surface area (Å²) in [5.74, 6) is -1.66. The number of benzene rings is 1. The first-order valence-corrected chi connectivity index (χ1v) is 7.72. The van der Waals surface area contributed by atoms with E-state index in [-0.39, 0.29) is 23.4 Å². The van der Waals surface area contributed by atoms with Crippen LogP contribution >= 0.6 is 0 Å². The maximum Gasteiger partial charge on any atom is 0.223 e. The van der Waals surface area contributed by atoms with E-state index in [0.717, 1.165) is 12.0 Å². The fraction of sp³-hybridized carbons (Fsp3) is 0.444. The lowest BCUT2D eigenvalue weighted by Gasteiger charge is -2.34. The largest absolute Gasteiger partial charge is 0.501 e. The van der Waals surface area contributed by atoms with Crippen LogP contribution in [-0.4, -0.2) is 25.3 Å². The minimum absolute atomic E-state index is 0.0827. The van der Waals surface area contributed by atoms with Crippen LogP contribution in [0, 0.1) is 17.7 Å². The Morgan fingerprint density at radius 2 is 2.04 bits per heavy atom. The summed E-state index contributed by atoms with van der Waals surface area (Å²) < 4.78 is 18.5. The molecule has 0 saturated carbocycles. The summed E-state index contributed by atoms with van der Waals surface area (Å²) in [5, 5.41) is 2.85. The van der Waals surface area contributed by atoms with Gasteiger partial charge in [-0.25, -0.2) is 4.39 Å². The zero-order valence-electron chi connectivity index (χ0n) is 13.5. The van der Waals surface area contributed by atoms with E-state index in [4.69, 9.17) is 4.74 Å². The van der Waals surface area contributed by atoms with E-state index in [9.17, 15) is 14.0 Å². The third kappa shape index (κ3) is 3.78. The van der Waals surface area contributed by atoms with Crippen molar-refractivity contribution in [3.8, 4) is 0 Å². The topological polar surface area (TPSA) is 55.4 Å². The molecule has 1 aliphatic rings. The van der Waals surface area contributed by atoms with E-state index in [0.29, 0.717) is 18.7 Å². The Hall–Kier alpha value is -2.17. The predicted octanol–water partition coefficient (Wildman–Crippen LogP) is 2.80. The Morgan fingerprint density at radius 3 is 2.57 bits per heavy atom. The number of rotatable bonds is 6. The Labute approximate surface area is 135 Å². The quantitative estimate of drug-likeness (QED) is 0.820. The van der Waals surface area contributed by atoms with Gasteiger partial charge in [0.25, 0.3) is 0 Å². The molecule has 5 heteroatoms. The van der Waals surface area contributed by atoms with Crippen molar-refractivity contribution in [1.29, 1.82) is 0 Å². The van der Waals surface area contributed by atoms with Crippen LogP contribution in [-0.2, 0) is 14.3 Å². The van der Waals surface area contributed by atoms with Crippen LogP contribution in [0.2, 0.25) is 0 Å². The SMILES string of the molecule is C=C(OC)C(C(C)=O)C(c1ccc(F)cc1)C1CCCNC1=O. The molecule has 1 saturated heterocycles. The fourth-order valence-corrected chi connectivity index (χ4v) is 3.29. The van der Waals surface area contributed by atoms with Crippen LogP contribution in [0.5, 0.6) is 0 Å². The van der Waals surface area contributed by atoms with Gasteiger partial charge in [-0.1, -0.05) is 18.7 Å². The minimum Gasteiger partial charge on any atom is -0.501 e. The summed E-state index contributed by atoms with van der Waals surface area (Å²) in [6.07, 6.45) is 1.52. The van der Waals surface area contributed by atoms with Gasteiger partial charge in [0.2, 0.25) is 5.91 Å². The van der Waals surface area contributed by atoms with Crippen molar-refractivity contribution in [3.63, 3.8) is 0 Å². The molecule has 1 aromatic carbocycles. The Bertz CT molecular complexity index is 597. The molecule has 0 bridgehead atoms. The Balaban J connectivity index is 2.48. The molecule has 124 valence electrons. The van der Waals surface area contributed by atoms with E-state index in [1.54, 1.807) is 12.1 Å². The van der Waals surface area contributed by atoms with Gasteiger partial charge in [0.15, 0.2) is 0 Å². The summed E-state index contributed by atoms with van der Waals surface area (Å²) >= 11 is 0. The first-order chi connectivity index (χ1) is 11.0. The number of carbonyl (C=O) groups excluding carboxylic acids is 2. The molecule has 23 heavy (non-hydrogen) atoms. The Kier molecular flexibility index (Phi) is 5.53. The van der Waals surface area contributed by atoms with Gasteiger partial charge in [-0.15, -0.1) is 0 Å². The van der Waals surface area contributed by atoms with Crippen LogP contribution in [0.15, 0.2) is 36.6 Å². The lowest BCUT2D eigenvalue weighted by molar-refractivity contribution is -0.129. The molecule has 1 heterocycles. The number of ketones is 1. The normalized spacial score (nSPS) is 20.3. The number of ether oxygens (including phenoxy) is 1. The van der Waals surface area contributed by atoms with Crippen molar-refractivity contribution in [2.24, 2.45) is 11.8 Å². The minimum atomic E-state index is -0.640. The zero-order chi connectivity index (χ0) is 17.0. The molecule has 3 unspecified atom stereocenters. The van der Waals surface area contributed by atoms with Crippen LogP contribution in [0.4, 0.5) is 4.39 Å². The molecule has 1 aromatic rings. The van der Waals surface area contributed by atoms with Crippen LogP contribution in [0.1, 0.15) is 31.2 Å². The number of piperidine rings is 1. The third-order valence-electron chi connectivity index (χ3n) is 4.42.